The van der Waals surface area contributed by atoms with Crippen LogP contribution in [0.15, 0.2) is 59.1 Å². The summed E-state index contributed by atoms with van der Waals surface area (Å²) in [5, 5.41) is 4.04. The fourth-order valence-electron chi connectivity index (χ4n) is 4.13. The second-order valence-electron chi connectivity index (χ2n) is 7.98. The highest BCUT2D eigenvalue weighted by molar-refractivity contribution is 5.83. The van der Waals surface area contributed by atoms with Crippen molar-refractivity contribution in [2.75, 3.05) is 26.2 Å². The number of piperazine rings is 1. The molecule has 1 saturated heterocycles. The zero-order valence-electron chi connectivity index (χ0n) is 16.6. The molecule has 0 radical (unpaired) electrons. The Morgan fingerprint density at radius 3 is 2.50 bits per heavy atom. The Morgan fingerprint density at radius 2 is 1.77 bits per heavy atom. The summed E-state index contributed by atoms with van der Waals surface area (Å²) in [4.78, 5) is 21.5. The molecular formula is C23H23FN4O2. The van der Waals surface area contributed by atoms with E-state index in [4.69, 9.17) is 4.52 Å². The van der Waals surface area contributed by atoms with Crippen molar-refractivity contribution in [1.29, 1.82) is 0 Å². The van der Waals surface area contributed by atoms with E-state index in [1.807, 2.05) is 23.1 Å². The van der Waals surface area contributed by atoms with Crippen LogP contribution in [0.25, 0.3) is 11.5 Å². The van der Waals surface area contributed by atoms with E-state index in [-0.39, 0.29) is 17.6 Å². The van der Waals surface area contributed by atoms with Crippen molar-refractivity contribution in [2.24, 2.45) is 5.92 Å². The van der Waals surface area contributed by atoms with Gasteiger partial charge in [-0.1, -0.05) is 35.5 Å². The molecule has 0 N–H and O–H groups in total. The molecule has 1 aromatic heterocycles. The van der Waals surface area contributed by atoms with Gasteiger partial charge in [0.2, 0.25) is 5.91 Å². The molecular weight excluding hydrogens is 383 g/mol. The van der Waals surface area contributed by atoms with E-state index in [1.54, 1.807) is 12.1 Å². The number of carbonyl (C=O) groups is 1. The summed E-state index contributed by atoms with van der Waals surface area (Å²) in [5.41, 5.74) is 1.96. The van der Waals surface area contributed by atoms with Crippen molar-refractivity contribution < 1.29 is 13.7 Å². The van der Waals surface area contributed by atoms with Gasteiger partial charge in [0, 0.05) is 37.7 Å². The number of carbonyl (C=O) groups excluding carboxylic acids is 1. The van der Waals surface area contributed by atoms with Crippen LogP contribution in [-0.4, -0.2) is 52.0 Å². The minimum absolute atomic E-state index is 0.134. The van der Waals surface area contributed by atoms with E-state index in [1.165, 1.54) is 17.7 Å². The van der Waals surface area contributed by atoms with Crippen LogP contribution < -0.4 is 0 Å². The van der Waals surface area contributed by atoms with Crippen LogP contribution in [0.4, 0.5) is 4.39 Å². The van der Waals surface area contributed by atoms with Gasteiger partial charge in [-0.25, -0.2) is 4.39 Å². The van der Waals surface area contributed by atoms with Crippen molar-refractivity contribution in [3.8, 4) is 11.5 Å². The van der Waals surface area contributed by atoms with Crippen LogP contribution in [0, 0.1) is 11.7 Å². The molecule has 6 nitrogen and oxygen atoms in total. The lowest BCUT2D eigenvalue weighted by atomic mass is 10.1. The normalized spacial score (nSPS) is 21.6. The van der Waals surface area contributed by atoms with E-state index in [2.05, 4.69) is 27.2 Å². The van der Waals surface area contributed by atoms with Gasteiger partial charge < -0.3 is 9.42 Å². The highest BCUT2D eigenvalue weighted by Gasteiger charge is 2.45. The number of rotatable bonds is 5. The van der Waals surface area contributed by atoms with Crippen molar-refractivity contribution >= 4 is 5.91 Å². The Morgan fingerprint density at radius 1 is 1.03 bits per heavy atom. The van der Waals surface area contributed by atoms with Crippen LogP contribution >= 0.6 is 0 Å². The first kappa shape index (κ1) is 18.9. The molecule has 1 amide bonds. The summed E-state index contributed by atoms with van der Waals surface area (Å²) in [6, 6.07) is 16.3. The van der Waals surface area contributed by atoms with Crippen LogP contribution in [0.3, 0.4) is 0 Å². The number of halogens is 1. The Hall–Kier alpha value is -3.06. The SMILES string of the molecule is O=C([C@H]1C[C@H]1c1ccccc1)N1CCN(Cc2noc(-c3ccc(F)cc3)n2)CC1. The highest BCUT2D eigenvalue weighted by atomic mass is 19.1. The topological polar surface area (TPSA) is 62.5 Å². The van der Waals surface area contributed by atoms with Crippen LogP contribution in [0.2, 0.25) is 0 Å². The van der Waals surface area contributed by atoms with E-state index < -0.39 is 0 Å². The van der Waals surface area contributed by atoms with Crippen molar-refractivity contribution in [1.82, 2.24) is 19.9 Å². The zero-order valence-corrected chi connectivity index (χ0v) is 16.6. The first-order chi connectivity index (χ1) is 14.7. The molecule has 7 heteroatoms. The quantitative estimate of drug-likeness (QED) is 0.651. The minimum Gasteiger partial charge on any atom is -0.340 e. The number of hydrogen-bond donors (Lipinski definition) is 0. The second kappa shape index (κ2) is 7.99. The third kappa shape index (κ3) is 3.98. The van der Waals surface area contributed by atoms with E-state index in [0.29, 0.717) is 29.7 Å². The molecule has 2 heterocycles. The maximum Gasteiger partial charge on any atom is 0.257 e. The monoisotopic (exact) mass is 406 g/mol. The highest BCUT2D eigenvalue weighted by Crippen LogP contribution is 2.48. The predicted molar refractivity (Wildman–Crippen MR) is 109 cm³/mol. The molecule has 154 valence electrons. The van der Waals surface area contributed by atoms with Crippen molar-refractivity contribution in [2.45, 2.75) is 18.9 Å². The fraction of sp³-hybridized carbons (Fsp3) is 0.348. The van der Waals surface area contributed by atoms with Gasteiger partial charge in [0.15, 0.2) is 5.82 Å². The molecule has 5 rings (SSSR count). The maximum atomic E-state index is 13.1. The van der Waals surface area contributed by atoms with Crippen LogP contribution in [0.1, 0.15) is 23.7 Å². The summed E-state index contributed by atoms with van der Waals surface area (Å²) in [6.07, 6.45) is 0.956. The summed E-state index contributed by atoms with van der Waals surface area (Å²) >= 11 is 0. The smallest absolute Gasteiger partial charge is 0.257 e. The predicted octanol–water partition coefficient (Wildman–Crippen LogP) is 3.32. The number of aromatic nitrogens is 2. The number of hydrogen-bond acceptors (Lipinski definition) is 5. The minimum atomic E-state index is -0.299. The molecule has 2 atom stereocenters. The zero-order chi connectivity index (χ0) is 20.5. The molecule has 0 unspecified atom stereocenters. The maximum absolute atomic E-state index is 13.1. The molecule has 3 aromatic rings. The first-order valence-electron chi connectivity index (χ1n) is 10.3. The number of benzene rings is 2. The van der Waals surface area contributed by atoms with Gasteiger partial charge in [0.05, 0.1) is 6.54 Å². The van der Waals surface area contributed by atoms with E-state index >= 15 is 0 Å². The third-order valence-electron chi connectivity index (χ3n) is 5.94. The molecule has 2 fully saturated rings. The first-order valence-corrected chi connectivity index (χ1v) is 10.3. The molecule has 1 aliphatic carbocycles. The summed E-state index contributed by atoms with van der Waals surface area (Å²) in [7, 11) is 0. The Kier molecular flexibility index (Phi) is 5.04. The van der Waals surface area contributed by atoms with E-state index in [0.717, 1.165) is 32.6 Å². The fourth-order valence-corrected chi connectivity index (χ4v) is 4.13. The third-order valence-corrected chi connectivity index (χ3v) is 5.94. The van der Waals surface area contributed by atoms with Gasteiger partial charge in [0.1, 0.15) is 5.82 Å². The van der Waals surface area contributed by atoms with E-state index in [9.17, 15) is 9.18 Å². The second-order valence-corrected chi connectivity index (χ2v) is 7.98. The Balaban J connectivity index is 1.13. The lowest BCUT2D eigenvalue weighted by Gasteiger charge is -2.34. The average Bonchev–Trinajstić information content (AvgIpc) is 3.46. The van der Waals surface area contributed by atoms with Gasteiger partial charge >= 0.3 is 0 Å². The van der Waals surface area contributed by atoms with Gasteiger partial charge in [-0.3, -0.25) is 9.69 Å². The van der Waals surface area contributed by atoms with Gasteiger partial charge in [-0.2, -0.15) is 4.98 Å². The lowest BCUT2D eigenvalue weighted by Crippen LogP contribution is -2.49. The van der Waals surface area contributed by atoms with Gasteiger partial charge in [0.25, 0.3) is 5.89 Å². The average molecular weight is 406 g/mol. The molecule has 2 aromatic carbocycles. The Labute approximate surface area is 174 Å². The van der Waals surface area contributed by atoms with Gasteiger partial charge in [-0.15, -0.1) is 0 Å². The molecule has 1 saturated carbocycles. The lowest BCUT2D eigenvalue weighted by molar-refractivity contribution is -0.134. The largest absolute Gasteiger partial charge is 0.340 e. The summed E-state index contributed by atoms with van der Waals surface area (Å²) < 4.78 is 18.4. The van der Waals surface area contributed by atoms with Crippen molar-refractivity contribution in [3.63, 3.8) is 0 Å². The van der Waals surface area contributed by atoms with Crippen LogP contribution in [0.5, 0.6) is 0 Å². The van der Waals surface area contributed by atoms with Gasteiger partial charge in [-0.05, 0) is 42.2 Å². The summed E-state index contributed by atoms with van der Waals surface area (Å²) in [5.74, 6) is 1.48. The molecule has 30 heavy (non-hydrogen) atoms. The van der Waals surface area contributed by atoms with Crippen molar-refractivity contribution in [3.05, 3.63) is 71.8 Å². The molecule has 0 bridgehead atoms. The number of amides is 1. The summed E-state index contributed by atoms with van der Waals surface area (Å²) in [6.45, 7) is 3.59. The van der Waals surface area contributed by atoms with Crippen LogP contribution in [-0.2, 0) is 11.3 Å². The standard InChI is InChI=1S/C23H23FN4O2/c24-18-8-6-17(7-9-18)22-25-21(26-30-22)15-27-10-12-28(13-11-27)23(29)20-14-19(20)16-4-2-1-3-5-16/h1-9,19-20H,10-15H2/t19-,20-/m0/s1. The molecule has 2 aliphatic rings. The number of nitrogens with zero attached hydrogens (tertiary/aromatic N) is 4. The molecule has 1 aliphatic heterocycles. The Bertz CT molecular complexity index is 1010. The molecule has 0 spiro atoms.